The van der Waals surface area contributed by atoms with Gasteiger partial charge in [0, 0.05) is 23.1 Å². The number of nitrogens with zero attached hydrogens (tertiary/aromatic N) is 1. The number of nitro benzene ring substituents is 1. The molecule has 1 saturated carbocycles. The minimum Gasteiger partial charge on any atom is -0.346 e. The Bertz CT molecular complexity index is 999. The van der Waals surface area contributed by atoms with Gasteiger partial charge < -0.3 is 5.32 Å². The number of rotatable bonds is 5. The number of nitrogens with one attached hydrogen (secondary N) is 1. The lowest BCUT2D eigenvalue weighted by molar-refractivity contribution is -0.384. The van der Waals surface area contributed by atoms with E-state index in [0.717, 1.165) is 12.8 Å². The number of carbonyl (C=O) groups is 1. The average molecular weight is 400 g/mol. The maximum absolute atomic E-state index is 12.7. The molecule has 0 bridgehead atoms. The van der Waals surface area contributed by atoms with Crippen LogP contribution in [0.15, 0.2) is 70.5 Å². The van der Waals surface area contributed by atoms with Crippen LogP contribution in [0.3, 0.4) is 0 Å². The minimum atomic E-state index is -3.60. The summed E-state index contributed by atoms with van der Waals surface area (Å²) in [6.45, 7) is 0. The summed E-state index contributed by atoms with van der Waals surface area (Å²) in [6.07, 6.45) is 2.99. The van der Waals surface area contributed by atoms with E-state index in [1.54, 1.807) is 30.3 Å². The van der Waals surface area contributed by atoms with Gasteiger partial charge >= 0.3 is 0 Å². The standard InChI is InChI=1S/C20H20N2O5S/c23-20(15-10-12-17(13-11-15)22(24)25)21-19-9-5-4-6-16(19)14-28(26,27)18-7-2-1-3-8-18/h1-3,7-8,10-14,19H,4-6,9H2,(H,21,23)/b16-14-. The van der Waals surface area contributed by atoms with Gasteiger partial charge in [0.2, 0.25) is 0 Å². The van der Waals surface area contributed by atoms with E-state index in [4.69, 9.17) is 0 Å². The number of nitro groups is 1. The maximum atomic E-state index is 12.7. The summed E-state index contributed by atoms with van der Waals surface area (Å²) >= 11 is 0. The summed E-state index contributed by atoms with van der Waals surface area (Å²) in [5, 5.41) is 14.9. The predicted octanol–water partition coefficient (Wildman–Crippen LogP) is 3.63. The van der Waals surface area contributed by atoms with E-state index in [1.165, 1.54) is 29.7 Å². The monoisotopic (exact) mass is 400 g/mol. The number of hydrogen-bond acceptors (Lipinski definition) is 5. The second-order valence-electron chi connectivity index (χ2n) is 6.63. The lowest BCUT2D eigenvalue weighted by Gasteiger charge is -2.26. The summed E-state index contributed by atoms with van der Waals surface area (Å²) in [7, 11) is -3.60. The summed E-state index contributed by atoms with van der Waals surface area (Å²) < 4.78 is 25.3. The number of amides is 1. The van der Waals surface area contributed by atoms with E-state index in [2.05, 4.69) is 5.32 Å². The Hall–Kier alpha value is -3.00. The van der Waals surface area contributed by atoms with Gasteiger partial charge in [0.15, 0.2) is 9.84 Å². The third kappa shape index (κ3) is 4.64. The number of sulfone groups is 1. The third-order valence-electron chi connectivity index (χ3n) is 4.68. The van der Waals surface area contributed by atoms with Gasteiger partial charge in [-0.2, -0.15) is 0 Å². The highest BCUT2D eigenvalue weighted by molar-refractivity contribution is 7.94. The second kappa shape index (κ2) is 8.35. The molecule has 1 aliphatic carbocycles. The normalized spacial score (nSPS) is 18.6. The van der Waals surface area contributed by atoms with Crippen LogP contribution in [-0.2, 0) is 9.84 Å². The second-order valence-corrected chi connectivity index (χ2v) is 8.42. The van der Waals surface area contributed by atoms with E-state index in [0.29, 0.717) is 24.0 Å². The highest BCUT2D eigenvalue weighted by atomic mass is 32.2. The highest BCUT2D eigenvalue weighted by Crippen LogP contribution is 2.27. The van der Waals surface area contributed by atoms with Gasteiger partial charge in [0.05, 0.1) is 15.9 Å². The molecule has 0 spiro atoms. The molecule has 7 nitrogen and oxygen atoms in total. The van der Waals surface area contributed by atoms with Crippen molar-refractivity contribution in [2.45, 2.75) is 36.6 Å². The first kappa shape index (κ1) is 19.8. The molecule has 1 fully saturated rings. The summed E-state index contributed by atoms with van der Waals surface area (Å²) in [5.74, 6) is -0.384. The molecule has 1 N–H and O–H groups in total. The number of benzene rings is 2. The zero-order valence-corrected chi connectivity index (χ0v) is 15.9. The van der Waals surface area contributed by atoms with E-state index in [-0.39, 0.29) is 22.5 Å². The molecule has 1 aliphatic rings. The zero-order valence-electron chi connectivity index (χ0n) is 15.1. The summed E-state index contributed by atoms with van der Waals surface area (Å²) in [4.78, 5) is 22.9. The molecule has 2 aromatic carbocycles. The Morgan fingerprint density at radius 2 is 1.75 bits per heavy atom. The molecule has 0 radical (unpaired) electrons. The summed E-state index contributed by atoms with van der Waals surface area (Å²) in [5.41, 5.74) is 0.871. The van der Waals surface area contributed by atoms with Crippen molar-refractivity contribution in [2.24, 2.45) is 0 Å². The van der Waals surface area contributed by atoms with Gasteiger partial charge in [-0.3, -0.25) is 14.9 Å². The van der Waals surface area contributed by atoms with E-state index in [9.17, 15) is 23.3 Å². The van der Waals surface area contributed by atoms with Crippen molar-refractivity contribution in [3.8, 4) is 0 Å². The molecular formula is C20H20N2O5S. The first-order chi connectivity index (χ1) is 13.4. The smallest absolute Gasteiger partial charge is 0.269 e. The minimum absolute atomic E-state index is 0.0937. The van der Waals surface area contributed by atoms with Gasteiger partial charge in [-0.05, 0) is 49.1 Å². The van der Waals surface area contributed by atoms with Crippen LogP contribution in [0.5, 0.6) is 0 Å². The van der Waals surface area contributed by atoms with Gasteiger partial charge in [-0.25, -0.2) is 8.42 Å². The van der Waals surface area contributed by atoms with Crippen molar-refractivity contribution in [3.05, 3.63) is 81.3 Å². The van der Waals surface area contributed by atoms with Gasteiger partial charge in [-0.1, -0.05) is 24.6 Å². The van der Waals surface area contributed by atoms with Gasteiger partial charge in [0.25, 0.3) is 11.6 Å². The fourth-order valence-electron chi connectivity index (χ4n) is 3.20. The Morgan fingerprint density at radius 3 is 2.39 bits per heavy atom. The van der Waals surface area contributed by atoms with Crippen LogP contribution in [0.25, 0.3) is 0 Å². The molecule has 8 heteroatoms. The van der Waals surface area contributed by atoms with Crippen LogP contribution in [0.2, 0.25) is 0 Å². The molecule has 28 heavy (non-hydrogen) atoms. The molecule has 146 valence electrons. The average Bonchev–Trinajstić information content (AvgIpc) is 2.70. The number of hydrogen-bond donors (Lipinski definition) is 1. The SMILES string of the molecule is O=C(NC1CCCC/C1=C/S(=O)(=O)c1ccccc1)c1ccc([N+](=O)[O-])cc1. The Labute approximate surface area is 163 Å². The van der Waals surface area contributed by atoms with E-state index >= 15 is 0 Å². The van der Waals surface area contributed by atoms with Crippen molar-refractivity contribution in [3.63, 3.8) is 0 Å². The zero-order chi connectivity index (χ0) is 20.1. The van der Waals surface area contributed by atoms with Crippen LogP contribution in [-0.4, -0.2) is 25.3 Å². The largest absolute Gasteiger partial charge is 0.346 e. The van der Waals surface area contributed by atoms with Crippen molar-refractivity contribution < 1.29 is 18.1 Å². The van der Waals surface area contributed by atoms with Crippen molar-refractivity contribution in [2.75, 3.05) is 0 Å². The number of carbonyl (C=O) groups excluding carboxylic acids is 1. The van der Waals surface area contributed by atoms with Gasteiger partial charge in [-0.15, -0.1) is 0 Å². The quantitative estimate of drug-likeness (QED) is 0.609. The fourth-order valence-corrected chi connectivity index (χ4v) is 4.55. The molecule has 1 unspecified atom stereocenters. The lowest BCUT2D eigenvalue weighted by atomic mass is 9.91. The summed E-state index contributed by atoms with van der Waals surface area (Å²) in [6, 6.07) is 13.1. The predicted molar refractivity (Wildman–Crippen MR) is 105 cm³/mol. The first-order valence-corrected chi connectivity index (χ1v) is 10.5. The molecular weight excluding hydrogens is 380 g/mol. The number of non-ortho nitro benzene ring substituents is 1. The van der Waals surface area contributed by atoms with Crippen molar-refractivity contribution in [1.82, 2.24) is 5.32 Å². The first-order valence-electron chi connectivity index (χ1n) is 8.93. The molecule has 2 aromatic rings. The molecule has 3 rings (SSSR count). The maximum Gasteiger partial charge on any atom is 0.269 e. The lowest BCUT2D eigenvalue weighted by Crippen LogP contribution is -2.38. The molecule has 0 aliphatic heterocycles. The molecule has 1 amide bonds. The molecule has 0 saturated heterocycles. The molecule has 0 heterocycles. The third-order valence-corrected chi connectivity index (χ3v) is 6.22. The Balaban J connectivity index is 1.79. The topological polar surface area (TPSA) is 106 Å². The fraction of sp³-hybridized carbons (Fsp3) is 0.250. The van der Waals surface area contributed by atoms with Crippen molar-refractivity contribution >= 4 is 21.4 Å². The van der Waals surface area contributed by atoms with E-state index in [1.807, 2.05) is 0 Å². The van der Waals surface area contributed by atoms with Crippen molar-refractivity contribution in [1.29, 1.82) is 0 Å². The molecule has 0 aromatic heterocycles. The van der Waals surface area contributed by atoms with Crippen LogP contribution in [0.1, 0.15) is 36.0 Å². The molecule has 1 atom stereocenters. The highest BCUT2D eigenvalue weighted by Gasteiger charge is 2.24. The van der Waals surface area contributed by atoms with Crippen LogP contribution in [0, 0.1) is 10.1 Å². The van der Waals surface area contributed by atoms with Crippen LogP contribution >= 0.6 is 0 Å². The van der Waals surface area contributed by atoms with E-state index < -0.39 is 14.8 Å². The van der Waals surface area contributed by atoms with Gasteiger partial charge in [0.1, 0.15) is 0 Å². The van der Waals surface area contributed by atoms with Crippen LogP contribution in [0.4, 0.5) is 5.69 Å². The Morgan fingerprint density at radius 1 is 1.07 bits per heavy atom. The van der Waals surface area contributed by atoms with Crippen LogP contribution < -0.4 is 5.32 Å². The Kier molecular flexibility index (Phi) is 5.89.